The largest absolute Gasteiger partial charge is 0.454 e. The second-order valence-corrected chi connectivity index (χ2v) is 6.19. The zero-order valence-electron chi connectivity index (χ0n) is 9.73. The number of rotatable bonds is 3. The Morgan fingerprint density at radius 3 is 2.79 bits per heavy atom. The van der Waals surface area contributed by atoms with Crippen LogP contribution in [-0.2, 0) is 5.75 Å². The Balaban J connectivity index is 1.75. The lowest BCUT2D eigenvalue weighted by Crippen LogP contribution is -1.92. The van der Waals surface area contributed by atoms with E-state index in [4.69, 9.17) is 21.1 Å². The zero-order chi connectivity index (χ0) is 13.2. The highest BCUT2D eigenvalue weighted by Crippen LogP contribution is 2.38. The summed E-state index contributed by atoms with van der Waals surface area (Å²) in [6, 6.07) is 7.68. The van der Waals surface area contributed by atoms with Gasteiger partial charge in [-0.25, -0.2) is 4.98 Å². The minimum atomic E-state index is 0.289. The number of hydrogen-bond acceptors (Lipinski definition) is 4. The molecule has 2 heterocycles. The maximum atomic E-state index is 5.81. The number of hydrogen-bond donors (Lipinski definition) is 0. The second kappa shape index (κ2) is 5.61. The Labute approximate surface area is 128 Å². The van der Waals surface area contributed by atoms with E-state index in [9.17, 15) is 0 Å². The molecule has 0 saturated carbocycles. The van der Waals surface area contributed by atoms with Gasteiger partial charge in [-0.05, 0) is 29.8 Å². The average Bonchev–Trinajstić information content (AvgIpc) is 2.85. The van der Waals surface area contributed by atoms with E-state index in [1.54, 1.807) is 18.0 Å². The van der Waals surface area contributed by atoms with E-state index in [1.807, 2.05) is 24.3 Å². The smallest absolute Gasteiger partial charge is 0.231 e. The molecule has 2 aromatic rings. The Kier molecular flexibility index (Phi) is 3.86. The first-order valence-corrected chi connectivity index (χ1v) is 7.70. The molecule has 3 nitrogen and oxygen atoms in total. The first kappa shape index (κ1) is 13.1. The van der Waals surface area contributed by atoms with Crippen molar-refractivity contribution in [1.82, 2.24) is 4.98 Å². The highest BCUT2D eigenvalue weighted by Gasteiger charge is 2.16. The third kappa shape index (κ3) is 2.99. The van der Waals surface area contributed by atoms with Crippen LogP contribution in [0.25, 0.3) is 0 Å². The summed E-state index contributed by atoms with van der Waals surface area (Å²) in [5.41, 5.74) is 1.14. The number of ether oxygens (including phenoxy) is 2. The first-order valence-electron chi connectivity index (χ1n) is 5.55. The SMILES string of the molecule is Clc1ccc(SCc2cc3c(cc2Br)OCO3)nc1. The molecule has 0 atom stereocenters. The standard InChI is InChI=1S/C13H9BrClNO2S/c14-10-4-12-11(17-7-18-12)3-8(10)6-19-13-2-1-9(15)5-16-13/h1-5H,6-7H2. The number of nitrogens with zero attached hydrogens (tertiary/aromatic N) is 1. The van der Waals surface area contributed by atoms with Gasteiger partial charge in [-0.3, -0.25) is 0 Å². The molecule has 0 aliphatic carbocycles. The average molecular weight is 359 g/mol. The van der Waals surface area contributed by atoms with Crippen LogP contribution < -0.4 is 9.47 Å². The van der Waals surface area contributed by atoms with Gasteiger partial charge in [0.2, 0.25) is 6.79 Å². The van der Waals surface area contributed by atoms with E-state index in [1.165, 1.54) is 0 Å². The molecule has 0 fully saturated rings. The Bertz CT molecular complexity index is 606. The van der Waals surface area contributed by atoms with Crippen molar-refractivity contribution < 1.29 is 9.47 Å². The van der Waals surface area contributed by atoms with E-state index < -0.39 is 0 Å². The molecule has 0 bridgehead atoms. The molecule has 1 aromatic carbocycles. The lowest BCUT2D eigenvalue weighted by Gasteiger charge is -2.06. The molecule has 6 heteroatoms. The summed E-state index contributed by atoms with van der Waals surface area (Å²) in [6.07, 6.45) is 1.65. The third-order valence-corrected chi connectivity index (χ3v) is 4.57. The molecule has 0 spiro atoms. The van der Waals surface area contributed by atoms with Gasteiger partial charge in [-0.15, -0.1) is 11.8 Å². The summed E-state index contributed by atoms with van der Waals surface area (Å²) in [7, 11) is 0. The zero-order valence-corrected chi connectivity index (χ0v) is 12.9. The van der Waals surface area contributed by atoms with Crippen molar-refractivity contribution in [3.63, 3.8) is 0 Å². The van der Waals surface area contributed by atoms with Crippen molar-refractivity contribution in [3.05, 3.63) is 45.5 Å². The second-order valence-electron chi connectivity index (χ2n) is 3.90. The molecular weight excluding hydrogens is 350 g/mol. The number of pyridine rings is 1. The molecule has 98 valence electrons. The number of aromatic nitrogens is 1. The van der Waals surface area contributed by atoms with Crippen LogP contribution in [0.4, 0.5) is 0 Å². The summed E-state index contributed by atoms with van der Waals surface area (Å²) in [5, 5.41) is 1.59. The molecule has 1 aliphatic rings. The van der Waals surface area contributed by atoms with Crippen molar-refractivity contribution >= 4 is 39.3 Å². The van der Waals surface area contributed by atoms with Gasteiger partial charge in [0.05, 0.1) is 10.0 Å². The Morgan fingerprint density at radius 1 is 1.26 bits per heavy atom. The van der Waals surface area contributed by atoms with Gasteiger partial charge in [0.25, 0.3) is 0 Å². The van der Waals surface area contributed by atoms with Crippen LogP contribution in [0.15, 0.2) is 40.0 Å². The fraction of sp³-hybridized carbons (Fsp3) is 0.154. The van der Waals surface area contributed by atoms with Crippen molar-refractivity contribution in [2.45, 2.75) is 10.8 Å². The lowest BCUT2D eigenvalue weighted by molar-refractivity contribution is 0.174. The van der Waals surface area contributed by atoms with Crippen LogP contribution in [0.2, 0.25) is 5.02 Å². The number of halogens is 2. The van der Waals surface area contributed by atoms with E-state index in [-0.39, 0.29) is 6.79 Å². The molecule has 19 heavy (non-hydrogen) atoms. The summed E-state index contributed by atoms with van der Waals surface area (Å²) in [5.74, 6) is 2.37. The highest BCUT2D eigenvalue weighted by molar-refractivity contribution is 9.10. The normalized spacial score (nSPS) is 12.7. The van der Waals surface area contributed by atoms with E-state index in [0.29, 0.717) is 5.02 Å². The van der Waals surface area contributed by atoms with Crippen molar-refractivity contribution in [1.29, 1.82) is 0 Å². The number of thioether (sulfide) groups is 1. The van der Waals surface area contributed by atoms with Crippen LogP contribution in [0.3, 0.4) is 0 Å². The van der Waals surface area contributed by atoms with Gasteiger partial charge >= 0.3 is 0 Å². The molecule has 3 rings (SSSR count). The van der Waals surface area contributed by atoms with E-state index in [2.05, 4.69) is 20.9 Å². The molecule has 0 unspecified atom stereocenters. The predicted molar refractivity (Wildman–Crippen MR) is 79.1 cm³/mol. The molecule has 0 saturated heterocycles. The number of benzene rings is 1. The maximum Gasteiger partial charge on any atom is 0.231 e. The number of fused-ring (bicyclic) bond motifs is 1. The van der Waals surface area contributed by atoms with Crippen molar-refractivity contribution in [2.24, 2.45) is 0 Å². The lowest BCUT2D eigenvalue weighted by atomic mass is 10.2. The quantitative estimate of drug-likeness (QED) is 0.755. The fourth-order valence-corrected chi connectivity index (χ4v) is 3.26. The van der Waals surface area contributed by atoms with Gasteiger partial charge in [0, 0.05) is 16.4 Å². The summed E-state index contributed by atoms with van der Waals surface area (Å²) in [6.45, 7) is 0.289. The van der Waals surface area contributed by atoms with Crippen LogP contribution in [-0.4, -0.2) is 11.8 Å². The minimum Gasteiger partial charge on any atom is -0.454 e. The van der Waals surface area contributed by atoms with Gasteiger partial charge in [-0.2, -0.15) is 0 Å². The van der Waals surface area contributed by atoms with Gasteiger partial charge in [0.1, 0.15) is 0 Å². The Hall–Kier alpha value is -0.910. The van der Waals surface area contributed by atoms with Gasteiger partial charge in [0.15, 0.2) is 11.5 Å². The molecule has 1 aromatic heterocycles. The summed E-state index contributed by atoms with van der Waals surface area (Å²) in [4.78, 5) is 4.26. The minimum absolute atomic E-state index is 0.289. The first-order chi connectivity index (χ1) is 9.22. The monoisotopic (exact) mass is 357 g/mol. The van der Waals surface area contributed by atoms with Gasteiger partial charge < -0.3 is 9.47 Å². The maximum absolute atomic E-state index is 5.81. The predicted octanol–water partition coefficient (Wildman–Crippen LogP) is 4.52. The summed E-state index contributed by atoms with van der Waals surface area (Å²) < 4.78 is 11.7. The topological polar surface area (TPSA) is 31.4 Å². The molecule has 0 N–H and O–H groups in total. The van der Waals surface area contributed by atoms with E-state index in [0.717, 1.165) is 32.3 Å². The molecule has 1 aliphatic heterocycles. The van der Waals surface area contributed by atoms with Crippen LogP contribution in [0.5, 0.6) is 11.5 Å². The van der Waals surface area contributed by atoms with Crippen LogP contribution >= 0.6 is 39.3 Å². The fourth-order valence-electron chi connectivity index (χ4n) is 1.67. The highest BCUT2D eigenvalue weighted by atomic mass is 79.9. The van der Waals surface area contributed by atoms with Crippen molar-refractivity contribution in [3.8, 4) is 11.5 Å². The summed E-state index contributed by atoms with van der Waals surface area (Å²) >= 11 is 11.0. The third-order valence-electron chi connectivity index (χ3n) is 2.62. The van der Waals surface area contributed by atoms with Crippen molar-refractivity contribution in [2.75, 3.05) is 6.79 Å². The Morgan fingerprint density at radius 2 is 2.05 bits per heavy atom. The molecule has 0 radical (unpaired) electrons. The van der Waals surface area contributed by atoms with Crippen LogP contribution in [0.1, 0.15) is 5.56 Å². The molecular formula is C13H9BrClNO2S. The van der Waals surface area contributed by atoms with E-state index >= 15 is 0 Å². The molecule has 0 amide bonds. The van der Waals surface area contributed by atoms with Crippen LogP contribution in [0, 0.1) is 0 Å². The van der Waals surface area contributed by atoms with Gasteiger partial charge in [-0.1, -0.05) is 27.5 Å².